The molecule has 2 aromatic rings. The monoisotopic (exact) mass is 397 g/mol. The van der Waals surface area contributed by atoms with Crippen LogP contribution in [0.1, 0.15) is 38.9 Å². The highest BCUT2D eigenvalue weighted by Crippen LogP contribution is 2.18. The number of aryl methyl sites for hydroxylation is 2. The van der Waals surface area contributed by atoms with Crippen molar-refractivity contribution < 1.29 is 27.1 Å². The van der Waals surface area contributed by atoms with Crippen LogP contribution in [0.15, 0.2) is 18.2 Å². The molecule has 0 aliphatic heterocycles. The van der Waals surface area contributed by atoms with Crippen molar-refractivity contribution in [2.24, 2.45) is 0 Å². The van der Waals surface area contributed by atoms with E-state index in [0.717, 1.165) is 12.3 Å². The number of anilines is 1. The Balaban J connectivity index is 2.10. The van der Waals surface area contributed by atoms with E-state index in [0.29, 0.717) is 12.2 Å². The number of nitrogens with zero attached hydrogens (tertiary/aromatic N) is 2. The topological polar surface area (TPSA) is 121 Å². The van der Waals surface area contributed by atoms with Gasteiger partial charge in [0, 0.05) is 12.8 Å². The SMILES string of the molecule is CCn1nc(C)c(C(=O)OCC(=O)c2ccc(CS(C)(=O)=O)cc2F)c1N. The quantitative estimate of drug-likeness (QED) is 0.555. The minimum atomic E-state index is -3.33. The molecule has 0 unspecified atom stereocenters. The molecule has 0 bridgehead atoms. The Kier molecular flexibility index (Phi) is 5.99. The van der Waals surface area contributed by atoms with Gasteiger partial charge in [0.2, 0.25) is 5.78 Å². The molecule has 8 nitrogen and oxygen atoms in total. The molecule has 2 rings (SSSR count). The first-order chi connectivity index (χ1) is 12.5. The molecule has 2 N–H and O–H groups in total. The summed E-state index contributed by atoms with van der Waals surface area (Å²) in [6.45, 7) is 3.17. The van der Waals surface area contributed by atoms with Crippen LogP contribution in [-0.2, 0) is 26.9 Å². The fourth-order valence-electron chi connectivity index (χ4n) is 2.55. The number of ether oxygens (including phenoxy) is 1. The van der Waals surface area contributed by atoms with E-state index in [2.05, 4.69) is 5.10 Å². The molecule has 146 valence electrons. The normalized spacial score (nSPS) is 11.4. The average molecular weight is 397 g/mol. The summed E-state index contributed by atoms with van der Waals surface area (Å²) in [4.78, 5) is 24.3. The third kappa shape index (κ3) is 4.91. The van der Waals surface area contributed by atoms with Gasteiger partial charge < -0.3 is 10.5 Å². The maximum absolute atomic E-state index is 14.1. The third-order valence-corrected chi connectivity index (χ3v) is 4.63. The summed E-state index contributed by atoms with van der Waals surface area (Å²) in [6.07, 6.45) is 1.03. The van der Waals surface area contributed by atoms with E-state index < -0.39 is 34.0 Å². The zero-order valence-corrected chi connectivity index (χ0v) is 16.0. The van der Waals surface area contributed by atoms with Gasteiger partial charge in [-0.25, -0.2) is 22.3 Å². The molecule has 27 heavy (non-hydrogen) atoms. The Labute approximate surface area is 156 Å². The molecular formula is C17H20FN3O5S. The van der Waals surface area contributed by atoms with Crippen LogP contribution in [0.4, 0.5) is 10.2 Å². The fourth-order valence-corrected chi connectivity index (χ4v) is 3.34. The third-order valence-electron chi connectivity index (χ3n) is 3.77. The van der Waals surface area contributed by atoms with Gasteiger partial charge >= 0.3 is 5.97 Å². The minimum Gasteiger partial charge on any atom is -0.454 e. The lowest BCUT2D eigenvalue weighted by Crippen LogP contribution is -2.17. The molecule has 1 aromatic heterocycles. The largest absolute Gasteiger partial charge is 0.454 e. The summed E-state index contributed by atoms with van der Waals surface area (Å²) in [6, 6.07) is 3.48. The van der Waals surface area contributed by atoms with Gasteiger partial charge in [0.15, 0.2) is 16.4 Å². The van der Waals surface area contributed by atoms with E-state index in [1.807, 2.05) is 0 Å². The lowest BCUT2D eigenvalue weighted by molar-refractivity contribution is 0.0473. The van der Waals surface area contributed by atoms with Gasteiger partial charge in [-0.05, 0) is 31.5 Å². The summed E-state index contributed by atoms with van der Waals surface area (Å²) in [5.74, 6) is -2.68. The summed E-state index contributed by atoms with van der Waals surface area (Å²) in [5.41, 5.74) is 6.18. The van der Waals surface area contributed by atoms with E-state index in [4.69, 9.17) is 10.5 Å². The Morgan fingerprint density at radius 2 is 2.00 bits per heavy atom. The van der Waals surface area contributed by atoms with E-state index in [1.165, 1.54) is 16.8 Å². The molecular weight excluding hydrogens is 377 g/mol. The zero-order chi connectivity index (χ0) is 20.4. The Morgan fingerprint density at radius 3 is 2.52 bits per heavy atom. The van der Waals surface area contributed by atoms with Crippen LogP contribution in [0.25, 0.3) is 0 Å². The molecule has 0 fully saturated rings. The predicted octanol–water partition coefficient (Wildman–Crippen LogP) is 1.52. The second kappa shape index (κ2) is 7.87. The highest BCUT2D eigenvalue weighted by molar-refractivity contribution is 7.89. The minimum absolute atomic E-state index is 0.0635. The molecule has 0 saturated heterocycles. The lowest BCUT2D eigenvalue weighted by atomic mass is 10.1. The number of sulfone groups is 1. The number of ketones is 1. The summed E-state index contributed by atoms with van der Waals surface area (Å²) < 4.78 is 43.0. The highest BCUT2D eigenvalue weighted by Gasteiger charge is 2.22. The van der Waals surface area contributed by atoms with Crippen molar-refractivity contribution in [2.75, 3.05) is 18.6 Å². The number of carbonyl (C=O) groups is 2. The van der Waals surface area contributed by atoms with Crippen LogP contribution in [0, 0.1) is 12.7 Å². The van der Waals surface area contributed by atoms with Crippen LogP contribution < -0.4 is 5.73 Å². The van der Waals surface area contributed by atoms with E-state index >= 15 is 0 Å². The number of hydrogen-bond acceptors (Lipinski definition) is 7. The first-order valence-electron chi connectivity index (χ1n) is 8.02. The van der Waals surface area contributed by atoms with Gasteiger partial charge in [0.25, 0.3) is 0 Å². The molecule has 0 aliphatic carbocycles. The van der Waals surface area contributed by atoms with E-state index in [-0.39, 0.29) is 28.3 Å². The summed E-state index contributed by atoms with van der Waals surface area (Å²) >= 11 is 0. The molecule has 10 heteroatoms. The first kappa shape index (κ1) is 20.6. The number of rotatable bonds is 7. The van der Waals surface area contributed by atoms with Gasteiger partial charge in [0.05, 0.1) is 17.0 Å². The molecule has 0 atom stereocenters. The van der Waals surface area contributed by atoms with E-state index in [1.54, 1.807) is 13.8 Å². The maximum Gasteiger partial charge on any atom is 0.344 e. The Morgan fingerprint density at radius 1 is 1.33 bits per heavy atom. The van der Waals surface area contributed by atoms with Crippen LogP contribution in [-0.4, -0.2) is 42.8 Å². The predicted molar refractivity (Wildman–Crippen MR) is 96.6 cm³/mol. The molecule has 0 amide bonds. The van der Waals surface area contributed by atoms with Crippen LogP contribution in [0.3, 0.4) is 0 Å². The van der Waals surface area contributed by atoms with Crippen molar-refractivity contribution >= 4 is 27.4 Å². The van der Waals surface area contributed by atoms with Crippen molar-refractivity contribution in [1.82, 2.24) is 9.78 Å². The van der Waals surface area contributed by atoms with Crippen molar-refractivity contribution in [3.8, 4) is 0 Å². The number of nitrogen functional groups attached to an aromatic ring is 1. The van der Waals surface area contributed by atoms with E-state index in [9.17, 15) is 22.4 Å². The lowest BCUT2D eigenvalue weighted by Gasteiger charge is -2.07. The summed E-state index contributed by atoms with van der Waals surface area (Å²) in [5, 5.41) is 4.08. The second-order valence-electron chi connectivity index (χ2n) is 6.05. The van der Waals surface area contributed by atoms with Crippen molar-refractivity contribution in [1.29, 1.82) is 0 Å². The number of aromatic nitrogens is 2. The number of esters is 1. The number of nitrogens with two attached hydrogens (primary N) is 1. The summed E-state index contributed by atoms with van der Waals surface area (Å²) in [7, 11) is -3.33. The standard InChI is InChI=1S/C17H20FN3O5S/c1-4-21-16(19)15(10(2)20-21)17(23)26-8-14(22)12-6-5-11(7-13(12)18)9-27(3,24)25/h5-7H,4,8-9,19H2,1-3H3. The van der Waals surface area contributed by atoms with Crippen molar-refractivity contribution in [3.05, 3.63) is 46.4 Å². The van der Waals surface area contributed by atoms with Crippen LogP contribution >= 0.6 is 0 Å². The number of benzene rings is 1. The molecule has 0 aliphatic rings. The second-order valence-corrected chi connectivity index (χ2v) is 8.19. The van der Waals surface area contributed by atoms with Gasteiger partial charge in [-0.15, -0.1) is 0 Å². The van der Waals surface area contributed by atoms with Gasteiger partial charge in [-0.3, -0.25) is 4.79 Å². The molecule has 1 heterocycles. The van der Waals surface area contributed by atoms with Crippen LogP contribution in [0.5, 0.6) is 0 Å². The van der Waals surface area contributed by atoms with Crippen LogP contribution in [0.2, 0.25) is 0 Å². The molecule has 0 spiro atoms. The Hall–Kier alpha value is -2.75. The number of halogens is 1. The maximum atomic E-state index is 14.1. The Bertz CT molecular complexity index is 998. The number of hydrogen-bond donors (Lipinski definition) is 1. The van der Waals surface area contributed by atoms with Gasteiger partial charge in [-0.2, -0.15) is 5.10 Å². The average Bonchev–Trinajstić information content (AvgIpc) is 2.85. The zero-order valence-electron chi connectivity index (χ0n) is 15.2. The molecule has 0 radical (unpaired) electrons. The molecule has 0 saturated carbocycles. The highest BCUT2D eigenvalue weighted by atomic mass is 32.2. The smallest absolute Gasteiger partial charge is 0.344 e. The number of carbonyl (C=O) groups excluding carboxylic acids is 2. The number of Topliss-reactive ketones (excluding diaryl/α,β-unsaturated/α-hetero) is 1. The molecule has 1 aromatic carbocycles. The van der Waals surface area contributed by atoms with Gasteiger partial charge in [-0.1, -0.05) is 6.07 Å². The fraction of sp³-hybridized carbons (Fsp3) is 0.353. The van der Waals surface area contributed by atoms with Crippen molar-refractivity contribution in [3.63, 3.8) is 0 Å². The van der Waals surface area contributed by atoms with Gasteiger partial charge in [0.1, 0.15) is 17.2 Å². The first-order valence-corrected chi connectivity index (χ1v) is 10.1. The van der Waals surface area contributed by atoms with Crippen molar-refractivity contribution in [2.45, 2.75) is 26.1 Å².